The summed E-state index contributed by atoms with van der Waals surface area (Å²) in [7, 11) is 1.76. The molecule has 3 aliphatic rings. The number of ether oxygens (including phenoxy) is 4. The number of esters is 1. The zero-order chi connectivity index (χ0) is 62.6. The summed E-state index contributed by atoms with van der Waals surface area (Å²) >= 11 is 2.29. The van der Waals surface area contributed by atoms with Gasteiger partial charge in [0.25, 0.3) is 11.8 Å². The minimum Gasteiger partial charge on any atom is -0.480 e. The smallest absolute Gasteiger partial charge is 0.408 e. The molecule has 470 valence electrons. The highest BCUT2D eigenvalue weighted by Crippen LogP contribution is 2.44. The monoisotopic (exact) mass is 1240 g/mol. The van der Waals surface area contributed by atoms with Crippen LogP contribution in [0.5, 0.6) is 0 Å². The predicted molar refractivity (Wildman–Crippen MR) is 337 cm³/mol. The number of benzene rings is 1. The fourth-order valence-corrected chi connectivity index (χ4v) is 13.6. The van der Waals surface area contributed by atoms with E-state index in [1.165, 1.54) is 34.1 Å². The lowest BCUT2D eigenvalue weighted by atomic mass is 9.84. The highest BCUT2D eigenvalue weighted by atomic mass is 32.1. The number of carboxylic acids is 1. The number of hydrazine groups is 1. The number of alkyl carbamates (subject to hydrolysis) is 1. The van der Waals surface area contributed by atoms with Crippen LogP contribution in [0.25, 0.3) is 33.4 Å². The van der Waals surface area contributed by atoms with Gasteiger partial charge >= 0.3 is 18.0 Å². The average molecular weight is 1240 g/mol. The Hall–Kier alpha value is -5.86. The maximum atomic E-state index is 15.0. The molecule has 1 aromatic carbocycles. The van der Waals surface area contributed by atoms with Crippen LogP contribution >= 0.6 is 22.7 Å². The van der Waals surface area contributed by atoms with E-state index in [0.717, 1.165) is 88.2 Å². The molecule has 6 heterocycles. The summed E-state index contributed by atoms with van der Waals surface area (Å²) < 4.78 is 26.5. The third kappa shape index (κ3) is 16.1. The topological polar surface area (TPSA) is 243 Å². The van der Waals surface area contributed by atoms with E-state index in [4.69, 9.17) is 28.9 Å². The molecular weight excluding hydrogens is 1150 g/mol. The number of aliphatic hydroxyl groups is 1. The molecule has 0 unspecified atom stereocenters. The first-order chi connectivity index (χ1) is 40.6. The lowest BCUT2D eigenvalue weighted by molar-refractivity contribution is -0.151. The second kappa shape index (κ2) is 27.7. The van der Waals surface area contributed by atoms with Crippen LogP contribution in [-0.2, 0) is 52.9 Å². The van der Waals surface area contributed by atoms with E-state index in [9.17, 15) is 29.4 Å². The van der Waals surface area contributed by atoms with Gasteiger partial charge < -0.3 is 48.8 Å². The van der Waals surface area contributed by atoms with Crippen molar-refractivity contribution in [2.75, 3.05) is 65.0 Å². The van der Waals surface area contributed by atoms with E-state index < -0.39 is 73.2 Å². The summed E-state index contributed by atoms with van der Waals surface area (Å²) in [5.74, 6) is -3.06. The number of piperazine rings is 1. The fraction of sp³-hybridized carbons (Fsp3) is 0.613. The summed E-state index contributed by atoms with van der Waals surface area (Å²) in [5, 5.41) is 29.8. The molecule has 0 bridgehead atoms. The number of nitrogens with zero attached hydrogens (tertiary/aromatic N) is 8. The second-order valence-corrected chi connectivity index (χ2v) is 33.7. The van der Waals surface area contributed by atoms with Gasteiger partial charge in [0.15, 0.2) is 5.01 Å². The number of amides is 3. The number of likely N-dealkylation sites (N-methyl/N-ethyl adjacent to an activating group) is 1. The lowest BCUT2D eigenvalue weighted by Crippen LogP contribution is -2.61. The number of aliphatic carboxylic acids is 1. The number of carbonyl (C=O) groups excluding carboxylic acids is 4. The van der Waals surface area contributed by atoms with Crippen LogP contribution in [0.3, 0.4) is 0 Å². The molecule has 2 aliphatic heterocycles. The number of methoxy groups -OCH3 is 1. The lowest BCUT2D eigenvalue weighted by Gasteiger charge is -2.36. The Balaban J connectivity index is 1.19. The summed E-state index contributed by atoms with van der Waals surface area (Å²) in [5.41, 5.74) is 8.82. The first-order valence-electron chi connectivity index (χ1n) is 30.1. The summed E-state index contributed by atoms with van der Waals surface area (Å²) in [6.45, 7) is 28.2. The predicted octanol–water partition coefficient (Wildman–Crippen LogP) is 9.57. The number of carboxylic acid groups (broad SMARTS) is 1. The minimum atomic E-state index is -1.53. The van der Waals surface area contributed by atoms with Gasteiger partial charge in [-0.2, -0.15) is 0 Å². The van der Waals surface area contributed by atoms with Crippen LogP contribution in [0.2, 0.25) is 25.7 Å². The number of anilines is 1. The van der Waals surface area contributed by atoms with Crippen molar-refractivity contribution in [3.05, 3.63) is 68.2 Å². The number of thiazole rings is 2. The molecule has 0 spiro atoms. The van der Waals surface area contributed by atoms with Crippen molar-refractivity contribution in [1.29, 1.82) is 0 Å². The summed E-state index contributed by atoms with van der Waals surface area (Å²) in [4.78, 5) is 90.2. The number of hydrogen-bond acceptors (Lipinski definition) is 18. The van der Waals surface area contributed by atoms with Gasteiger partial charge in [-0.25, -0.2) is 25.0 Å². The number of aliphatic hydroxyl groups excluding tert-OH is 1. The molecular formula is C62H90N10O11S2Si. The second-order valence-electron chi connectivity index (χ2n) is 26.4. The summed E-state index contributed by atoms with van der Waals surface area (Å²) in [6.07, 6.45) is 3.10. The van der Waals surface area contributed by atoms with Gasteiger partial charge in [0.05, 0.1) is 54.0 Å². The number of aromatic nitrogens is 4. The van der Waals surface area contributed by atoms with E-state index in [-0.39, 0.29) is 49.8 Å². The van der Waals surface area contributed by atoms with Crippen molar-refractivity contribution in [2.24, 2.45) is 11.3 Å². The minimum absolute atomic E-state index is 0.0582. The van der Waals surface area contributed by atoms with Gasteiger partial charge in [-0.15, -0.1) is 22.7 Å². The fourth-order valence-electron chi connectivity index (χ4n) is 11.2. The molecule has 21 nitrogen and oxygen atoms in total. The highest BCUT2D eigenvalue weighted by Gasteiger charge is 2.42. The molecule has 5 atom stereocenters. The Morgan fingerprint density at radius 1 is 0.953 bits per heavy atom. The SMILES string of the molecule is CCn1c(-c2cc(N3CCN(C4CC4)CC3)cnc2[C@H](C)OC)c(CC(C)(C)CO)c2cc(-c3csc([C@@H](OCc4csc(C(=O)N(C)[C@H](C(=O)OCC[Si](C)(C)C)C(C)C)n4)[C@H](NC(=O)OC(C)(C)C)C(=O)N4CCC[C@@H](C(=O)O)N4)n3)ccc21. The van der Waals surface area contributed by atoms with Crippen molar-refractivity contribution in [3.63, 3.8) is 0 Å². The van der Waals surface area contributed by atoms with Gasteiger partial charge in [0, 0.05) is 107 Å². The summed E-state index contributed by atoms with van der Waals surface area (Å²) in [6, 6.07) is 6.50. The Kier molecular flexibility index (Phi) is 21.3. The van der Waals surface area contributed by atoms with E-state index in [2.05, 4.69) is 88.7 Å². The molecule has 1 saturated carbocycles. The molecule has 3 fully saturated rings. The van der Waals surface area contributed by atoms with Crippen LogP contribution in [0, 0.1) is 11.3 Å². The van der Waals surface area contributed by atoms with E-state index in [0.29, 0.717) is 41.8 Å². The van der Waals surface area contributed by atoms with Crippen molar-refractivity contribution >= 4 is 77.2 Å². The molecule has 24 heteroatoms. The van der Waals surface area contributed by atoms with E-state index in [1.807, 2.05) is 38.4 Å². The van der Waals surface area contributed by atoms with Gasteiger partial charge in [0.2, 0.25) is 0 Å². The Labute approximate surface area is 515 Å². The number of carbonyl (C=O) groups is 5. The molecule has 3 amide bonds. The molecule has 4 N–H and O–H groups in total. The quantitative estimate of drug-likeness (QED) is 0.0314. The maximum absolute atomic E-state index is 15.0. The Bertz CT molecular complexity index is 3210. The van der Waals surface area contributed by atoms with Gasteiger partial charge in [-0.1, -0.05) is 53.4 Å². The van der Waals surface area contributed by atoms with Crippen LogP contribution in [0.4, 0.5) is 10.5 Å². The standard InChI is InChI=1S/C62H90N10O11S2Si/c1-15-71-48-21-18-39(29-43(48)45(31-62(8,9)36-73)52(71)44-30-42(32-63-49(44)38(4)80-11)70-25-23-69(24-26-70)41-19-20-41)47-35-85-54(65-47)53(50(66-60(79)83-61(5,6)7)56(74)72-22-16-17-46(67-72)58(76)77)82-33-40-34-84-55(64-40)57(75)68(10)51(37(2)3)59(78)81-27-28-86(12,13)14/h18,21,29-30,32,34-35,37-38,41,46,50-51,53,67,73H,15-17,19-20,22-28,31,33,36H2,1-14H3,(H,66,79)(H,76,77)/t38-,46-,50-,51-,53-/m0/s1. The van der Waals surface area contributed by atoms with Crippen molar-refractivity contribution in [3.8, 4) is 22.5 Å². The number of aryl methyl sites for hydroxylation is 1. The maximum Gasteiger partial charge on any atom is 0.408 e. The molecule has 86 heavy (non-hydrogen) atoms. The van der Waals surface area contributed by atoms with Gasteiger partial charge in [-0.3, -0.25) is 29.3 Å². The number of hydrogen-bond donors (Lipinski definition) is 4. The van der Waals surface area contributed by atoms with Gasteiger partial charge in [-0.05, 0) is 108 Å². The van der Waals surface area contributed by atoms with E-state index in [1.54, 1.807) is 40.3 Å². The highest BCUT2D eigenvalue weighted by molar-refractivity contribution is 7.11. The number of pyridine rings is 1. The third-order valence-electron chi connectivity index (χ3n) is 16.1. The molecule has 1 aliphatic carbocycles. The van der Waals surface area contributed by atoms with E-state index >= 15 is 4.79 Å². The first kappa shape index (κ1) is 66.1. The van der Waals surface area contributed by atoms with Crippen LogP contribution in [0.1, 0.15) is 132 Å². The zero-order valence-electron chi connectivity index (χ0n) is 52.7. The molecule has 0 radical (unpaired) electrons. The van der Waals surface area contributed by atoms with Crippen LogP contribution < -0.4 is 15.6 Å². The van der Waals surface area contributed by atoms with Crippen LogP contribution in [-0.4, -0.2) is 172 Å². The Morgan fingerprint density at radius 2 is 1.67 bits per heavy atom. The molecule has 8 rings (SSSR count). The molecule has 2 saturated heterocycles. The van der Waals surface area contributed by atoms with Crippen molar-refractivity contribution in [2.45, 2.75) is 175 Å². The number of nitrogens with one attached hydrogen (secondary N) is 2. The number of fused-ring (bicyclic) bond motifs is 1. The number of rotatable bonds is 25. The molecule has 5 aromatic rings. The Morgan fingerprint density at radius 3 is 2.30 bits per heavy atom. The zero-order valence-corrected chi connectivity index (χ0v) is 55.3. The van der Waals surface area contributed by atoms with Gasteiger partial charge in [0.1, 0.15) is 34.8 Å². The normalized spacial score (nSPS) is 17.8. The van der Waals surface area contributed by atoms with Crippen molar-refractivity contribution in [1.82, 2.24) is 45.1 Å². The third-order valence-corrected chi connectivity index (χ3v) is 19.6. The average Bonchev–Trinajstić information content (AvgIpc) is 1.93. The first-order valence-corrected chi connectivity index (χ1v) is 35.6. The largest absolute Gasteiger partial charge is 0.480 e. The van der Waals surface area contributed by atoms with Crippen LogP contribution in [0.15, 0.2) is 41.2 Å². The van der Waals surface area contributed by atoms with Crippen molar-refractivity contribution < 1.29 is 53.1 Å². The molecule has 4 aromatic heterocycles.